The van der Waals surface area contributed by atoms with E-state index in [9.17, 15) is 19.1 Å². The minimum absolute atomic E-state index is 0.209. The zero-order chi connectivity index (χ0) is 25.1. The number of hydrogen-bond acceptors (Lipinski definition) is 5. The van der Waals surface area contributed by atoms with Crippen LogP contribution in [0.15, 0.2) is 40.8 Å². The fourth-order valence-electron chi connectivity index (χ4n) is 4.84. The molecule has 35 heavy (non-hydrogen) atoms. The number of carbonyl (C=O) groups excluding carboxylic acids is 2. The molecule has 3 heterocycles. The van der Waals surface area contributed by atoms with Gasteiger partial charge in [-0.15, -0.1) is 0 Å². The topological polar surface area (TPSA) is 86.9 Å². The van der Waals surface area contributed by atoms with E-state index in [0.717, 1.165) is 29.7 Å². The van der Waals surface area contributed by atoms with E-state index in [2.05, 4.69) is 0 Å². The quantitative estimate of drug-likeness (QED) is 0.601. The number of amides is 2. The first-order valence-corrected chi connectivity index (χ1v) is 12.0. The summed E-state index contributed by atoms with van der Waals surface area (Å²) in [6, 6.07) is 9.88. The summed E-state index contributed by atoms with van der Waals surface area (Å²) in [5.74, 6) is -0.343. The molecular formula is C27H30FN3O4. The van der Waals surface area contributed by atoms with E-state index in [1.807, 2.05) is 19.9 Å². The number of hydrogen-bond donors (Lipinski definition) is 1. The third-order valence-electron chi connectivity index (χ3n) is 6.83. The van der Waals surface area contributed by atoms with Crippen LogP contribution in [-0.4, -0.2) is 62.5 Å². The summed E-state index contributed by atoms with van der Waals surface area (Å²) >= 11 is 0. The van der Waals surface area contributed by atoms with Crippen molar-refractivity contribution in [3.63, 3.8) is 0 Å². The SMILES string of the molecule is CC(C)(O)C(=O)N1CCN(C(=O)c2cc3nc(-c4ccc(F)cc4)cc(C4CC4)c3o2)C(C)(C)C1. The molecule has 0 unspecified atom stereocenters. The van der Waals surface area contributed by atoms with Crippen molar-refractivity contribution in [1.82, 2.24) is 14.8 Å². The van der Waals surface area contributed by atoms with Gasteiger partial charge in [-0.2, -0.15) is 0 Å². The maximum atomic E-state index is 13.6. The van der Waals surface area contributed by atoms with Crippen molar-refractivity contribution in [2.75, 3.05) is 19.6 Å². The van der Waals surface area contributed by atoms with Gasteiger partial charge < -0.3 is 19.3 Å². The average molecular weight is 480 g/mol. The van der Waals surface area contributed by atoms with Gasteiger partial charge in [-0.25, -0.2) is 9.37 Å². The molecule has 184 valence electrons. The van der Waals surface area contributed by atoms with Crippen LogP contribution in [0.4, 0.5) is 4.39 Å². The fourth-order valence-corrected chi connectivity index (χ4v) is 4.84. The van der Waals surface area contributed by atoms with Crippen molar-refractivity contribution in [2.45, 2.75) is 57.6 Å². The normalized spacial score (nSPS) is 18.2. The van der Waals surface area contributed by atoms with Crippen LogP contribution in [-0.2, 0) is 4.79 Å². The molecule has 3 aromatic rings. The highest BCUT2D eigenvalue weighted by atomic mass is 19.1. The van der Waals surface area contributed by atoms with Crippen LogP contribution in [0.2, 0.25) is 0 Å². The monoisotopic (exact) mass is 479 g/mol. The summed E-state index contributed by atoms with van der Waals surface area (Å²) in [4.78, 5) is 34.2. The Morgan fingerprint density at radius 3 is 2.43 bits per heavy atom. The van der Waals surface area contributed by atoms with Crippen molar-refractivity contribution < 1.29 is 23.5 Å². The van der Waals surface area contributed by atoms with Gasteiger partial charge in [-0.05, 0) is 76.8 Å². The Balaban J connectivity index is 1.46. The van der Waals surface area contributed by atoms with Gasteiger partial charge in [0.25, 0.3) is 11.8 Å². The maximum absolute atomic E-state index is 13.6. The number of aliphatic hydroxyl groups is 1. The predicted octanol–water partition coefficient (Wildman–Crippen LogP) is 4.35. The summed E-state index contributed by atoms with van der Waals surface area (Å²) in [5.41, 5.74) is 1.65. The number of carbonyl (C=O) groups is 2. The van der Waals surface area contributed by atoms with Crippen molar-refractivity contribution in [3.05, 3.63) is 53.5 Å². The maximum Gasteiger partial charge on any atom is 0.290 e. The molecule has 5 rings (SSSR count). The van der Waals surface area contributed by atoms with Crippen molar-refractivity contribution in [3.8, 4) is 11.3 Å². The van der Waals surface area contributed by atoms with E-state index >= 15 is 0 Å². The molecule has 2 amide bonds. The second kappa shape index (κ2) is 8.16. The predicted molar refractivity (Wildman–Crippen MR) is 129 cm³/mol. The van der Waals surface area contributed by atoms with Crippen molar-refractivity contribution in [2.24, 2.45) is 0 Å². The van der Waals surface area contributed by atoms with Gasteiger partial charge >= 0.3 is 0 Å². The van der Waals surface area contributed by atoms with Gasteiger partial charge in [0.1, 0.15) is 16.9 Å². The first kappa shape index (κ1) is 23.5. The number of aromatic nitrogens is 1. The molecule has 1 saturated carbocycles. The summed E-state index contributed by atoms with van der Waals surface area (Å²) in [5, 5.41) is 10.1. The number of fused-ring (bicyclic) bond motifs is 1. The Labute approximate surface area is 203 Å². The average Bonchev–Trinajstić information content (AvgIpc) is 3.54. The number of piperazine rings is 1. The van der Waals surface area contributed by atoms with Gasteiger partial charge in [0, 0.05) is 36.8 Å². The number of nitrogens with zero attached hydrogens (tertiary/aromatic N) is 3. The smallest absolute Gasteiger partial charge is 0.290 e. The minimum Gasteiger partial charge on any atom is -0.449 e. The third-order valence-corrected chi connectivity index (χ3v) is 6.83. The van der Waals surface area contributed by atoms with E-state index in [0.29, 0.717) is 36.7 Å². The number of benzene rings is 1. The first-order valence-electron chi connectivity index (χ1n) is 12.0. The lowest BCUT2D eigenvalue weighted by molar-refractivity contribution is -0.152. The Kier molecular flexibility index (Phi) is 5.47. The molecule has 0 bridgehead atoms. The molecule has 0 spiro atoms. The minimum atomic E-state index is -1.46. The zero-order valence-corrected chi connectivity index (χ0v) is 20.5. The van der Waals surface area contributed by atoms with E-state index in [1.54, 1.807) is 28.0 Å². The molecular weight excluding hydrogens is 449 g/mol. The largest absolute Gasteiger partial charge is 0.449 e. The molecule has 2 aromatic heterocycles. The van der Waals surface area contributed by atoms with Crippen molar-refractivity contribution in [1.29, 1.82) is 0 Å². The van der Waals surface area contributed by atoms with E-state index in [-0.39, 0.29) is 23.4 Å². The molecule has 2 aliphatic rings. The Morgan fingerprint density at radius 1 is 1.14 bits per heavy atom. The van der Waals surface area contributed by atoms with Gasteiger partial charge in [-0.3, -0.25) is 9.59 Å². The first-order chi connectivity index (χ1) is 16.4. The van der Waals surface area contributed by atoms with Gasteiger partial charge in [-0.1, -0.05) is 0 Å². The number of halogens is 1. The Bertz CT molecular complexity index is 1300. The summed E-state index contributed by atoms with van der Waals surface area (Å²) < 4.78 is 19.5. The summed E-state index contributed by atoms with van der Waals surface area (Å²) in [6.45, 7) is 7.71. The summed E-state index contributed by atoms with van der Waals surface area (Å²) in [7, 11) is 0. The molecule has 2 fully saturated rings. The van der Waals surface area contributed by atoms with Crippen LogP contribution in [0.1, 0.15) is 62.6 Å². The molecule has 1 saturated heterocycles. The van der Waals surface area contributed by atoms with Gasteiger partial charge in [0.2, 0.25) is 0 Å². The lowest BCUT2D eigenvalue weighted by atomic mass is 9.96. The Morgan fingerprint density at radius 2 is 1.83 bits per heavy atom. The fraction of sp³-hybridized carbons (Fsp3) is 0.444. The number of furan rings is 1. The summed E-state index contributed by atoms with van der Waals surface area (Å²) in [6.07, 6.45) is 2.10. The van der Waals surface area contributed by atoms with Gasteiger partial charge in [0.05, 0.1) is 11.2 Å². The van der Waals surface area contributed by atoms with Gasteiger partial charge in [0.15, 0.2) is 11.3 Å². The molecule has 8 heteroatoms. The van der Waals surface area contributed by atoms with Crippen LogP contribution in [0.3, 0.4) is 0 Å². The van der Waals surface area contributed by atoms with Crippen LogP contribution < -0.4 is 0 Å². The van der Waals surface area contributed by atoms with Crippen LogP contribution in [0.25, 0.3) is 22.4 Å². The van der Waals surface area contributed by atoms with Crippen LogP contribution >= 0.6 is 0 Å². The van der Waals surface area contributed by atoms with Crippen LogP contribution in [0.5, 0.6) is 0 Å². The molecule has 1 aromatic carbocycles. The number of pyridine rings is 1. The highest BCUT2D eigenvalue weighted by Gasteiger charge is 2.42. The molecule has 1 aliphatic carbocycles. The van der Waals surface area contributed by atoms with E-state index in [1.165, 1.54) is 26.0 Å². The highest BCUT2D eigenvalue weighted by molar-refractivity contribution is 5.97. The molecule has 0 radical (unpaired) electrons. The standard InChI is InChI=1S/C27H30FN3O4/c1-26(2)15-30(25(33)27(3,4)34)11-12-31(26)24(32)22-14-21-23(35-22)19(16-5-6-16)13-20(29-21)17-7-9-18(28)10-8-17/h7-10,13-14,16,34H,5-6,11-12,15H2,1-4H3. The lowest BCUT2D eigenvalue weighted by Crippen LogP contribution is -2.64. The Hall–Kier alpha value is -3.26. The van der Waals surface area contributed by atoms with Crippen molar-refractivity contribution >= 4 is 22.9 Å². The molecule has 1 N–H and O–H groups in total. The second-order valence-corrected chi connectivity index (χ2v) is 10.8. The number of rotatable bonds is 4. The van der Waals surface area contributed by atoms with E-state index < -0.39 is 11.1 Å². The molecule has 1 aliphatic heterocycles. The lowest BCUT2D eigenvalue weighted by Gasteiger charge is -2.47. The van der Waals surface area contributed by atoms with Crippen LogP contribution in [0, 0.1) is 5.82 Å². The second-order valence-electron chi connectivity index (χ2n) is 10.8. The van der Waals surface area contributed by atoms with E-state index in [4.69, 9.17) is 9.40 Å². The third kappa shape index (κ3) is 4.43. The zero-order valence-electron chi connectivity index (χ0n) is 20.5. The molecule has 7 nitrogen and oxygen atoms in total. The highest BCUT2D eigenvalue weighted by Crippen LogP contribution is 2.45. The molecule has 0 atom stereocenters.